The number of ketones is 1. The summed E-state index contributed by atoms with van der Waals surface area (Å²) >= 11 is 0. The Kier molecular flexibility index (Phi) is 6.19. The minimum atomic E-state index is -1.09. The number of hydrogen-bond acceptors (Lipinski definition) is 3. The lowest BCUT2D eigenvalue weighted by molar-refractivity contribution is -0.857. The number of likely N-dealkylation sites (tertiary alicyclic amines) is 1. The molecule has 0 spiro atoms. The SMILES string of the molecule is CCC[N+]1(C(=O)C(=O)C(C)(C)C)CCC(c2ccccc2)(c2ccccc2)[C@H]1C(=O)O. The fourth-order valence-electron chi connectivity index (χ4n) is 5.21. The lowest BCUT2D eigenvalue weighted by Gasteiger charge is -2.41. The second-order valence-corrected chi connectivity index (χ2v) is 9.56. The van der Waals surface area contributed by atoms with Crippen LogP contribution in [0.2, 0.25) is 0 Å². The van der Waals surface area contributed by atoms with Gasteiger partial charge in [-0.1, -0.05) is 88.4 Å². The van der Waals surface area contributed by atoms with Crippen LogP contribution in [-0.2, 0) is 19.8 Å². The number of carbonyl (C=O) groups excluding carboxylic acids is 2. The summed E-state index contributed by atoms with van der Waals surface area (Å²) < 4.78 is -0.342. The van der Waals surface area contributed by atoms with Gasteiger partial charge in [0, 0.05) is 11.8 Å². The summed E-state index contributed by atoms with van der Waals surface area (Å²) in [6, 6.07) is 18.0. The molecule has 1 fully saturated rings. The molecule has 0 aliphatic carbocycles. The van der Waals surface area contributed by atoms with Crippen LogP contribution in [0.3, 0.4) is 0 Å². The van der Waals surface area contributed by atoms with E-state index in [-0.39, 0.29) is 4.48 Å². The molecule has 5 heteroatoms. The molecule has 1 saturated heterocycles. The van der Waals surface area contributed by atoms with Gasteiger partial charge < -0.3 is 5.11 Å². The smallest absolute Gasteiger partial charge is 0.383 e. The van der Waals surface area contributed by atoms with E-state index in [1.165, 1.54) is 0 Å². The summed E-state index contributed by atoms with van der Waals surface area (Å²) in [6.07, 6.45) is 1.08. The number of carboxylic acid groups (broad SMARTS) is 1. The molecule has 0 saturated carbocycles. The van der Waals surface area contributed by atoms with Gasteiger partial charge in [-0.2, -0.15) is 0 Å². The van der Waals surface area contributed by atoms with E-state index in [1.807, 2.05) is 67.6 Å². The summed E-state index contributed by atoms with van der Waals surface area (Å²) in [7, 11) is 0. The van der Waals surface area contributed by atoms with Gasteiger partial charge in [-0.15, -0.1) is 0 Å². The van der Waals surface area contributed by atoms with Crippen LogP contribution in [0.5, 0.6) is 0 Å². The van der Waals surface area contributed by atoms with Crippen LogP contribution in [0.4, 0.5) is 0 Å². The molecule has 2 aromatic carbocycles. The predicted octanol–water partition coefficient (Wildman–Crippen LogP) is 4.20. The summed E-state index contributed by atoms with van der Waals surface area (Å²) in [5, 5.41) is 10.6. The first-order valence-electron chi connectivity index (χ1n) is 10.9. The predicted molar refractivity (Wildman–Crippen MR) is 119 cm³/mol. The van der Waals surface area contributed by atoms with E-state index in [4.69, 9.17) is 0 Å². The fourth-order valence-corrected chi connectivity index (χ4v) is 5.21. The lowest BCUT2D eigenvalue weighted by Crippen LogP contribution is -2.66. The Balaban J connectivity index is 2.31. The third-order valence-corrected chi connectivity index (χ3v) is 6.58. The summed E-state index contributed by atoms with van der Waals surface area (Å²) in [4.78, 5) is 39.8. The van der Waals surface area contributed by atoms with E-state index in [2.05, 4.69) is 0 Å². The van der Waals surface area contributed by atoms with E-state index in [9.17, 15) is 19.5 Å². The van der Waals surface area contributed by atoms with E-state index < -0.39 is 34.5 Å². The van der Waals surface area contributed by atoms with Crippen LogP contribution in [0.25, 0.3) is 0 Å². The van der Waals surface area contributed by atoms with Gasteiger partial charge in [-0.25, -0.2) is 14.1 Å². The van der Waals surface area contributed by atoms with Gasteiger partial charge >= 0.3 is 11.9 Å². The number of hydrogen-bond donors (Lipinski definition) is 1. The highest BCUT2D eigenvalue weighted by Gasteiger charge is 2.67. The molecule has 5 nitrogen and oxygen atoms in total. The average molecular weight is 423 g/mol. The molecule has 1 aliphatic heterocycles. The maximum absolute atomic E-state index is 13.7. The first-order valence-corrected chi connectivity index (χ1v) is 10.9. The van der Waals surface area contributed by atoms with Crippen molar-refractivity contribution in [2.75, 3.05) is 13.1 Å². The second-order valence-electron chi connectivity index (χ2n) is 9.56. The number of nitrogens with zero attached hydrogens (tertiary/aromatic N) is 1. The van der Waals surface area contributed by atoms with Crippen molar-refractivity contribution in [2.45, 2.75) is 52.0 Å². The molecule has 1 aliphatic rings. The number of amides is 1. The first kappa shape index (κ1) is 22.9. The standard InChI is InChI=1S/C26H31NO4/c1-5-17-27(23(29)22(28)25(2,3)4)18-16-26(21(27)24(30)31,19-12-8-6-9-13-19)20-14-10-7-11-15-20/h6-15,21H,5,16-18H2,1-4H3/p+1/t21-,27?/m1/s1. The van der Waals surface area contributed by atoms with Gasteiger partial charge in [-0.3, -0.25) is 4.79 Å². The summed E-state index contributed by atoms with van der Waals surface area (Å²) in [6.45, 7) is 7.70. The molecule has 2 aromatic rings. The van der Waals surface area contributed by atoms with Gasteiger partial charge in [0.15, 0.2) is 0 Å². The number of aliphatic carboxylic acids is 1. The van der Waals surface area contributed by atoms with E-state index in [0.29, 0.717) is 25.9 Å². The average Bonchev–Trinajstić information content (AvgIpc) is 3.11. The molecule has 164 valence electrons. The zero-order chi connectivity index (χ0) is 22.9. The van der Waals surface area contributed by atoms with Crippen LogP contribution in [0, 0.1) is 5.41 Å². The quantitative estimate of drug-likeness (QED) is 0.559. The minimum absolute atomic E-state index is 0.315. The highest BCUT2D eigenvalue weighted by atomic mass is 16.4. The van der Waals surface area contributed by atoms with Gasteiger partial charge in [0.1, 0.15) is 0 Å². The van der Waals surface area contributed by atoms with Crippen molar-refractivity contribution in [2.24, 2.45) is 5.41 Å². The van der Waals surface area contributed by atoms with Crippen LogP contribution in [-0.4, -0.2) is 46.4 Å². The van der Waals surface area contributed by atoms with Crippen molar-refractivity contribution in [1.29, 1.82) is 0 Å². The zero-order valence-corrected chi connectivity index (χ0v) is 18.8. The number of Topliss-reactive ketones (excluding diaryl/α,β-unsaturated/α-hetero) is 1. The molecule has 0 aromatic heterocycles. The molecule has 1 heterocycles. The normalized spacial score (nSPS) is 22.8. The van der Waals surface area contributed by atoms with Crippen molar-refractivity contribution in [1.82, 2.24) is 0 Å². The molecule has 1 unspecified atom stereocenters. The highest BCUT2D eigenvalue weighted by molar-refractivity contribution is 6.35. The lowest BCUT2D eigenvalue weighted by atomic mass is 9.68. The molecular weight excluding hydrogens is 390 g/mol. The molecule has 1 N–H and O–H groups in total. The Morgan fingerprint density at radius 3 is 1.84 bits per heavy atom. The Labute approximate surface area is 184 Å². The van der Waals surface area contributed by atoms with E-state index in [1.54, 1.807) is 20.8 Å². The number of rotatable bonds is 6. The molecule has 0 bridgehead atoms. The van der Waals surface area contributed by atoms with Gasteiger partial charge in [0.05, 0.1) is 18.5 Å². The molecular formula is C26H32NO4+. The van der Waals surface area contributed by atoms with Crippen molar-refractivity contribution >= 4 is 17.7 Å². The molecule has 2 atom stereocenters. The summed E-state index contributed by atoms with van der Waals surface area (Å²) in [5.41, 5.74) is -0.0530. The van der Waals surface area contributed by atoms with E-state index in [0.717, 1.165) is 11.1 Å². The Morgan fingerprint density at radius 1 is 0.968 bits per heavy atom. The van der Waals surface area contributed by atoms with Crippen molar-refractivity contribution in [3.63, 3.8) is 0 Å². The Hall–Kier alpha value is -2.79. The van der Waals surface area contributed by atoms with Crippen LogP contribution in [0.1, 0.15) is 51.7 Å². The van der Waals surface area contributed by atoms with Gasteiger partial charge in [0.25, 0.3) is 5.78 Å². The van der Waals surface area contributed by atoms with Gasteiger partial charge in [-0.05, 0) is 17.5 Å². The number of quaternary nitrogens is 1. The highest BCUT2D eigenvalue weighted by Crippen LogP contribution is 2.50. The largest absolute Gasteiger partial charge is 0.477 e. The van der Waals surface area contributed by atoms with Crippen LogP contribution in [0.15, 0.2) is 60.7 Å². The van der Waals surface area contributed by atoms with E-state index >= 15 is 0 Å². The minimum Gasteiger partial charge on any atom is -0.477 e. The number of carbonyl (C=O) groups is 3. The topological polar surface area (TPSA) is 71.4 Å². The van der Waals surface area contributed by atoms with Gasteiger partial charge in [0.2, 0.25) is 6.04 Å². The van der Waals surface area contributed by atoms with Crippen molar-refractivity contribution < 1.29 is 24.0 Å². The maximum Gasteiger partial charge on any atom is 0.383 e. The Bertz CT molecular complexity index is 922. The van der Waals surface area contributed by atoms with Crippen LogP contribution < -0.4 is 0 Å². The summed E-state index contributed by atoms with van der Waals surface area (Å²) in [5.74, 6) is -2.15. The molecule has 1 amide bonds. The van der Waals surface area contributed by atoms with Crippen molar-refractivity contribution in [3.8, 4) is 0 Å². The molecule has 0 radical (unpaired) electrons. The monoisotopic (exact) mass is 422 g/mol. The molecule has 3 rings (SSSR count). The maximum atomic E-state index is 13.7. The van der Waals surface area contributed by atoms with Crippen LogP contribution >= 0.6 is 0 Å². The third kappa shape index (κ3) is 3.72. The number of benzene rings is 2. The van der Waals surface area contributed by atoms with Crippen molar-refractivity contribution in [3.05, 3.63) is 71.8 Å². The Morgan fingerprint density at radius 2 is 1.45 bits per heavy atom. The first-order chi connectivity index (χ1) is 14.6. The zero-order valence-electron chi connectivity index (χ0n) is 18.8. The fraction of sp³-hybridized carbons (Fsp3) is 0.423. The number of carboxylic acids is 1. The second kappa shape index (κ2) is 8.39. The molecule has 31 heavy (non-hydrogen) atoms. The third-order valence-electron chi connectivity index (χ3n) is 6.58.